The van der Waals surface area contributed by atoms with Crippen LogP contribution in [0.25, 0.3) is 0 Å². The molecule has 0 unspecified atom stereocenters. The van der Waals surface area contributed by atoms with Crippen LogP contribution in [-0.4, -0.2) is 70.3 Å². The molecule has 1 aliphatic heterocycles. The Morgan fingerprint density at radius 3 is 2.85 bits per heavy atom. The van der Waals surface area contributed by atoms with Crippen LogP contribution >= 0.6 is 0 Å². The van der Waals surface area contributed by atoms with Crippen molar-refractivity contribution in [1.29, 1.82) is 0 Å². The third kappa shape index (κ3) is 4.19. The zero-order valence-corrected chi connectivity index (χ0v) is 14.9. The molecule has 0 radical (unpaired) electrons. The Morgan fingerprint density at radius 2 is 2.15 bits per heavy atom. The first kappa shape index (κ1) is 18.3. The van der Waals surface area contributed by atoms with E-state index >= 15 is 0 Å². The van der Waals surface area contributed by atoms with Gasteiger partial charge < -0.3 is 25.2 Å². The van der Waals surface area contributed by atoms with Gasteiger partial charge >= 0.3 is 12.0 Å². The summed E-state index contributed by atoms with van der Waals surface area (Å²) in [6.45, 7) is 3.94. The van der Waals surface area contributed by atoms with E-state index < -0.39 is 5.97 Å². The van der Waals surface area contributed by atoms with Crippen molar-refractivity contribution in [2.24, 2.45) is 0 Å². The van der Waals surface area contributed by atoms with Crippen LogP contribution in [0.4, 0.5) is 4.79 Å². The largest absolute Gasteiger partial charge is 0.508 e. The smallest absolute Gasteiger partial charge is 0.318 e. The lowest BCUT2D eigenvalue weighted by Crippen LogP contribution is -2.56. The molecule has 1 fully saturated rings. The summed E-state index contributed by atoms with van der Waals surface area (Å²) in [6.07, 6.45) is 1.53. The number of ether oxygens (including phenoxy) is 1. The minimum absolute atomic E-state index is 0.0366. The normalized spacial score (nSPS) is 22.0. The van der Waals surface area contributed by atoms with Gasteiger partial charge in [0.05, 0.1) is 19.6 Å². The molecular formula is C18H25N3O5. The fourth-order valence-electron chi connectivity index (χ4n) is 3.47. The van der Waals surface area contributed by atoms with Crippen molar-refractivity contribution in [2.75, 3.05) is 26.2 Å². The first-order chi connectivity index (χ1) is 12.5. The number of nitrogens with one attached hydrogen (secondary N) is 1. The molecule has 2 amide bonds. The van der Waals surface area contributed by atoms with Gasteiger partial charge in [-0.3, -0.25) is 9.69 Å². The number of hydrogen-bond acceptors (Lipinski definition) is 5. The molecule has 1 aromatic rings. The van der Waals surface area contributed by atoms with E-state index in [1.165, 1.54) is 0 Å². The van der Waals surface area contributed by atoms with Gasteiger partial charge in [0.15, 0.2) is 0 Å². The second-order valence-corrected chi connectivity index (χ2v) is 6.79. The molecule has 3 N–H and O–H groups in total. The predicted molar refractivity (Wildman–Crippen MR) is 94.2 cm³/mol. The van der Waals surface area contributed by atoms with E-state index in [0.29, 0.717) is 32.0 Å². The van der Waals surface area contributed by atoms with Crippen LogP contribution < -0.4 is 10.1 Å². The topological polar surface area (TPSA) is 102 Å². The summed E-state index contributed by atoms with van der Waals surface area (Å²) < 4.78 is 5.61. The lowest BCUT2D eigenvalue weighted by atomic mass is 9.85. The Kier molecular flexibility index (Phi) is 5.51. The number of benzene rings is 1. The number of carboxylic acid groups (broad SMARTS) is 1. The minimum Gasteiger partial charge on any atom is -0.508 e. The Morgan fingerprint density at radius 1 is 1.38 bits per heavy atom. The number of rotatable bonds is 5. The van der Waals surface area contributed by atoms with Crippen LogP contribution in [-0.2, 0) is 11.3 Å². The summed E-state index contributed by atoms with van der Waals surface area (Å²) >= 11 is 0. The molecule has 0 spiro atoms. The quantitative estimate of drug-likeness (QED) is 0.727. The molecular weight excluding hydrogens is 338 g/mol. The molecule has 0 bridgehead atoms. The summed E-state index contributed by atoms with van der Waals surface area (Å²) in [5.41, 5.74) is 0.862. The molecule has 142 valence electrons. The van der Waals surface area contributed by atoms with Crippen LogP contribution in [0.5, 0.6) is 11.5 Å². The number of amides is 2. The van der Waals surface area contributed by atoms with Gasteiger partial charge in [0.2, 0.25) is 0 Å². The highest BCUT2D eigenvalue weighted by Crippen LogP contribution is 2.28. The zero-order chi connectivity index (χ0) is 18.7. The number of phenols is 1. The average molecular weight is 363 g/mol. The van der Waals surface area contributed by atoms with Crippen LogP contribution in [0.15, 0.2) is 18.2 Å². The summed E-state index contributed by atoms with van der Waals surface area (Å²) in [5.74, 6) is -0.0751. The second-order valence-electron chi connectivity index (χ2n) is 6.79. The highest BCUT2D eigenvalue weighted by Gasteiger charge is 2.35. The monoisotopic (exact) mass is 363 g/mol. The minimum atomic E-state index is -0.825. The molecule has 1 heterocycles. The second kappa shape index (κ2) is 7.82. The number of carbonyl (C=O) groups excluding carboxylic acids is 1. The van der Waals surface area contributed by atoms with E-state index in [1.807, 2.05) is 11.8 Å². The summed E-state index contributed by atoms with van der Waals surface area (Å²) in [4.78, 5) is 27.1. The number of aliphatic carboxylic acids is 1. The molecule has 1 aromatic carbocycles. The number of nitrogens with zero attached hydrogens (tertiary/aromatic N) is 2. The number of carbonyl (C=O) groups is 2. The van der Waals surface area contributed by atoms with Crippen molar-refractivity contribution < 1.29 is 24.5 Å². The van der Waals surface area contributed by atoms with Crippen molar-refractivity contribution in [1.82, 2.24) is 15.1 Å². The lowest BCUT2D eigenvalue weighted by Gasteiger charge is -2.42. The Bertz CT molecular complexity index is 675. The molecule has 8 heteroatoms. The van der Waals surface area contributed by atoms with E-state index in [0.717, 1.165) is 18.4 Å². The fraction of sp³-hybridized carbons (Fsp3) is 0.556. The van der Waals surface area contributed by atoms with Crippen molar-refractivity contribution in [3.05, 3.63) is 23.8 Å². The number of urea groups is 1. The summed E-state index contributed by atoms with van der Waals surface area (Å²) in [7, 11) is 0. The molecule has 2 aliphatic rings. The maximum absolute atomic E-state index is 12.6. The van der Waals surface area contributed by atoms with E-state index in [-0.39, 0.29) is 30.4 Å². The SMILES string of the molecule is CCN(CC(=O)O)C1CC(NC(=O)N2CCOc3cc(O)ccc3C2)C1. The first-order valence-corrected chi connectivity index (χ1v) is 8.92. The Balaban J connectivity index is 1.51. The number of likely N-dealkylation sites (N-methyl/N-ethyl adjacent to an activating group) is 1. The molecule has 0 saturated heterocycles. The number of phenolic OH excluding ortho intramolecular Hbond substituents is 1. The molecule has 1 saturated carbocycles. The van der Waals surface area contributed by atoms with Crippen molar-refractivity contribution in [3.8, 4) is 11.5 Å². The standard InChI is InChI=1S/C18H25N3O5/c1-2-20(11-17(23)24)14-7-13(8-14)19-18(25)21-5-6-26-16-9-15(22)4-3-12(16)10-21/h3-4,9,13-14,22H,2,5-8,10-11H2,1H3,(H,19,25)(H,23,24). The lowest BCUT2D eigenvalue weighted by molar-refractivity contribution is -0.139. The number of aromatic hydroxyl groups is 1. The average Bonchev–Trinajstić information content (AvgIpc) is 2.77. The fourth-order valence-corrected chi connectivity index (χ4v) is 3.47. The molecule has 0 atom stereocenters. The molecule has 8 nitrogen and oxygen atoms in total. The maximum Gasteiger partial charge on any atom is 0.318 e. The van der Waals surface area contributed by atoms with Crippen molar-refractivity contribution in [3.63, 3.8) is 0 Å². The number of hydrogen-bond donors (Lipinski definition) is 3. The van der Waals surface area contributed by atoms with Crippen molar-refractivity contribution >= 4 is 12.0 Å². The van der Waals surface area contributed by atoms with E-state index in [9.17, 15) is 14.7 Å². The Labute approximate surface area is 152 Å². The molecule has 3 rings (SSSR count). The third-order valence-corrected chi connectivity index (χ3v) is 5.02. The predicted octanol–water partition coefficient (Wildman–Crippen LogP) is 1.23. The van der Waals surface area contributed by atoms with Gasteiger partial charge in [0.1, 0.15) is 18.1 Å². The number of carboxylic acids is 1. The van der Waals surface area contributed by atoms with Gasteiger partial charge in [0.25, 0.3) is 0 Å². The maximum atomic E-state index is 12.6. The van der Waals surface area contributed by atoms with Crippen LogP contribution in [0.1, 0.15) is 25.3 Å². The Hall–Kier alpha value is -2.48. The summed E-state index contributed by atoms with van der Waals surface area (Å²) in [5, 5.41) is 21.5. The van der Waals surface area contributed by atoms with Gasteiger partial charge in [-0.05, 0) is 31.5 Å². The molecule has 1 aliphatic carbocycles. The van der Waals surface area contributed by atoms with Crippen molar-refractivity contribution in [2.45, 2.75) is 38.4 Å². The third-order valence-electron chi connectivity index (χ3n) is 5.02. The van der Waals surface area contributed by atoms with E-state index in [1.54, 1.807) is 23.1 Å². The molecule has 26 heavy (non-hydrogen) atoms. The summed E-state index contributed by atoms with van der Waals surface area (Å²) in [6, 6.07) is 5.05. The van der Waals surface area contributed by atoms with Gasteiger partial charge in [-0.15, -0.1) is 0 Å². The number of fused-ring (bicyclic) bond motifs is 1. The van der Waals surface area contributed by atoms with Gasteiger partial charge in [-0.25, -0.2) is 4.79 Å². The van der Waals surface area contributed by atoms with Crippen LogP contribution in [0.3, 0.4) is 0 Å². The van der Waals surface area contributed by atoms with Gasteiger partial charge in [0, 0.05) is 23.7 Å². The van der Waals surface area contributed by atoms with E-state index in [4.69, 9.17) is 9.84 Å². The zero-order valence-electron chi connectivity index (χ0n) is 14.9. The first-order valence-electron chi connectivity index (χ1n) is 8.92. The van der Waals surface area contributed by atoms with Gasteiger partial charge in [-0.2, -0.15) is 0 Å². The highest BCUT2D eigenvalue weighted by molar-refractivity contribution is 5.75. The molecule has 0 aromatic heterocycles. The van der Waals surface area contributed by atoms with Crippen LogP contribution in [0.2, 0.25) is 0 Å². The highest BCUT2D eigenvalue weighted by atomic mass is 16.5. The van der Waals surface area contributed by atoms with Gasteiger partial charge in [-0.1, -0.05) is 6.92 Å². The van der Waals surface area contributed by atoms with Crippen LogP contribution in [0, 0.1) is 0 Å². The van der Waals surface area contributed by atoms with E-state index in [2.05, 4.69) is 5.32 Å².